The number of aliphatic hydroxyl groups is 2. The number of hydrogen-bond donors (Lipinski definition) is 3. The topological polar surface area (TPSA) is 124 Å². The van der Waals surface area contributed by atoms with Crippen molar-refractivity contribution in [1.29, 1.82) is 5.26 Å². The fraction of sp³-hybridized carbons (Fsp3) is 0.412. The van der Waals surface area contributed by atoms with Crippen molar-refractivity contribution in [2.24, 2.45) is 5.92 Å². The molecule has 1 fully saturated rings. The van der Waals surface area contributed by atoms with E-state index in [1.807, 2.05) is 18.5 Å². The molecule has 128 valence electrons. The van der Waals surface area contributed by atoms with Crippen molar-refractivity contribution in [2.45, 2.75) is 37.5 Å². The normalized spacial score (nSPS) is 24.4. The van der Waals surface area contributed by atoms with E-state index in [1.54, 1.807) is 10.9 Å². The average Bonchev–Trinajstić information content (AvgIpc) is 3.33. The van der Waals surface area contributed by atoms with Crippen LogP contribution in [0.3, 0.4) is 0 Å². The number of H-pyrrole nitrogens is 1. The van der Waals surface area contributed by atoms with Crippen LogP contribution in [0.5, 0.6) is 0 Å². The monoisotopic (exact) mass is 338 g/mol. The van der Waals surface area contributed by atoms with Crippen molar-refractivity contribution in [1.82, 2.24) is 24.7 Å². The summed E-state index contributed by atoms with van der Waals surface area (Å²) in [5.41, 5.74) is 2.38. The maximum Gasteiger partial charge on any atom is 0.141 e. The third kappa shape index (κ3) is 2.77. The van der Waals surface area contributed by atoms with Crippen LogP contribution in [0, 0.1) is 17.2 Å². The predicted octanol–water partition coefficient (Wildman–Crippen LogP) is 1.41. The summed E-state index contributed by atoms with van der Waals surface area (Å²) in [4.78, 5) is 11.6. The van der Waals surface area contributed by atoms with Crippen LogP contribution >= 0.6 is 0 Å². The molecule has 3 aromatic rings. The quantitative estimate of drug-likeness (QED) is 0.661. The molecule has 4 rings (SSSR count). The zero-order valence-corrected chi connectivity index (χ0v) is 13.4. The van der Waals surface area contributed by atoms with Gasteiger partial charge in [0, 0.05) is 23.3 Å². The van der Waals surface area contributed by atoms with Crippen molar-refractivity contribution < 1.29 is 10.2 Å². The van der Waals surface area contributed by atoms with E-state index in [2.05, 4.69) is 26.1 Å². The number of aromatic nitrogens is 5. The van der Waals surface area contributed by atoms with Crippen LogP contribution in [-0.2, 0) is 0 Å². The van der Waals surface area contributed by atoms with E-state index in [1.165, 1.54) is 6.33 Å². The molecule has 0 aliphatic heterocycles. The number of aliphatic hydroxyl groups excluding tert-OH is 2. The molecule has 0 saturated heterocycles. The number of fused-ring (bicyclic) bond motifs is 1. The summed E-state index contributed by atoms with van der Waals surface area (Å²) in [6.07, 6.45) is 6.65. The van der Waals surface area contributed by atoms with Gasteiger partial charge in [-0.3, -0.25) is 4.68 Å². The van der Waals surface area contributed by atoms with Crippen LogP contribution in [0.15, 0.2) is 31.0 Å². The molecular weight excluding hydrogens is 320 g/mol. The molecule has 25 heavy (non-hydrogen) atoms. The fourth-order valence-electron chi connectivity index (χ4n) is 3.66. The van der Waals surface area contributed by atoms with Crippen LogP contribution < -0.4 is 0 Å². The van der Waals surface area contributed by atoms with Gasteiger partial charge in [0.1, 0.15) is 12.0 Å². The van der Waals surface area contributed by atoms with E-state index in [-0.39, 0.29) is 18.4 Å². The summed E-state index contributed by atoms with van der Waals surface area (Å²) in [7, 11) is 0. The van der Waals surface area contributed by atoms with Gasteiger partial charge in [-0.15, -0.1) is 0 Å². The Bertz CT molecular complexity index is 917. The van der Waals surface area contributed by atoms with Gasteiger partial charge in [-0.1, -0.05) is 0 Å². The van der Waals surface area contributed by atoms with Crippen molar-refractivity contribution in [3.05, 3.63) is 31.0 Å². The first-order chi connectivity index (χ1) is 12.2. The van der Waals surface area contributed by atoms with Crippen LogP contribution in [0.25, 0.3) is 22.3 Å². The lowest BCUT2D eigenvalue weighted by Gasteiger charge is -2.21. The largest absolute Gasteiger partial charge is 0.390 e. The molecule has 0 radical (unpaired) electrons. The smallest absolute Gasteiger partial charge is 0.141 e. The highest BCUT2D eigenvalue weighted by molar-refractivity contribution is 5.89. The van der Waals surface area contributed by atoms with Gasteiger partial charge < -0.3 is 15.2 Å². The molecule has 3 unspecified atom stereocenters. The second-order valence-electron chi connectivity index (χ2n) is 6.47. The Balaban J connectivity index is 1.67. The standard InChI is InChI=1S/C17H18N6O2/c18-3-1-13(10-5-14(24)15(25)6-10)23-8-11(7-22-23)16-12-2-4-19-17(12)21-9-20-16/h2,4,7-10,13-15,24-25H,1,5-6H2,(H,19,20,21)/t10?,13?,14-,15?/m1/s1. The lowest BCUT2D eigenvalue weighted by Crippen LogP contribution is -2.18. The van der Waals surface area contributed by atoms with E-state index in [9.17, 15) is 15.5 Å². The Morgan fingerprint density at radius 1 is 1.32 bits per heavy atom. The summed E-state index contributed by atoms with van der Waals surface area (Å²) in [5.74, 6) is 0.00933. The number of nitrogens with one attached hydrogen (secondary N) is 1. The maximum atomic E-state index is 9.83. The summed E-state index contributed by atoms with van der Waals surface area (Å²) in [6, 6.07) is 3.92. The minimum absolute atomic E-state index is 0.00933. The lowest BCUT2D eigenvalue weighted by atomic mass is 9.95. The van der Waals surface area contributed by atoms with E-state index in [0.29, 0.717) is 12.8 Å². The highest BCUT2D eigenvalue weighted by Crippen LogP contribution is 2.37. The Labute approximate surface area is 143 Å². The number of rotatable bonds is 4. The molecule has 0 bridgehead atoms. The predicted molar refractivity (Wildman–Crippen MR) is 89.1 cm³/mol. The molecule has 4 atom stereocenters. The Morgan fingerprint density at radius 2 is 2.12 bits per heavy atom. The molecule has 1 aliphatic carbocycles. The summed E-state index contributed by atoms with van der Waals surface area (Å²) >= 11 is 0. The van der Waals surface area contributed by atoms with Crippen molar-refractivity contribution >= 4 is 11.0 Å². The van der Waals surface area contributed by atoms with Gasteiger partial charge >= 0.3 is 0 Å². The molecule has 1 saturated carbocycles. The number of hydrogen-bond acceptors (Lipinski definition) is 6. The molecule has 3 heterocycles. The first-order valence-electron chi connectivity index (χ1n) is 8.23. The van der Waals surface area contributed by atoms with Crippen molar-refractivity contribution in [3.8, 4) is 17.3 Å². The summed E-state index contributed by atoms with van der Waals surface area (Å²) in [6.45, 7) is 0. The van der Waals surface area contributed by atoms with E-state index >= 15 is 0 Å². The van der Waals surface area contributed by atoms with Crippen LogP contribution in [0.4, 0.5) is 0 Å². The minimum Gasteiger partial charge on any atom is -0.390 e. The van der Waals surface area contributed by atoms with Crippen LogP contribution in [0.2, 0.25) is 0 Å². The fourth-order valence-corrected chi connectivity index (χ4v) is 3.66. The molecule has 0 amide bonds. The SMILES string of the molecule is N#CCC(C1CC(O)[C@H](O)C1)n1cc(-c2ncnc3[nH]ccc23)cn1. The second-order valence-corrected chi connectivity index (χ2v) is 6.47. The van der Waals surface area contributed by atoms with Gasteiger partial charge in [-0.2, -0.15) is 10.4 Å². The van der Waals surface area contributed by atoms with Crippen LogP contribution in [0.1, 0.15) is 25.3 Å². The first kappa shape index (κ1) is 15.7. The molecule has 1 aliphatic rings. The molecule has 0 aromatic carbocycles. The Hall–Kier alpha value is -2.76. The van der Waals surface area contributed by atoms with E-state index < -0.39 is 12.2 Å². The average molecular weight is 338 g/mol. The number of nitrogens with zero attached hydrogens (tertiary/aromatic N) is 5. The van der Waals surface area contributed by atoms with Crippen LogP contribution in [-0.4, -0.2) is 47.2 Å². The molecule has 0 spiro atoms. The van der Waals surface area contributed by atoms with Gasteiger partial charge in [-0.25, -0.2) is 9.97 Å². The first-order valence-corrected chi connectivity index (χ1v) is 8.23. The van der Waals surface area contributed by atoms with Crippen molar-refractivity contribution in [2.75, 3.05) is 0 Å². The summed E-state index contributed by atoms with van der Waals surface area (Å²) < 4.78 is 1.76. The van der Waals surface area contributed by atoms with Gasteiger partial charge in [0.25, 0.3) is 0 Å². The van der Waals surface area contributed by atoms with Crippen molar-refractivity contribution in [3.63, 3.8) is 0 Å². The zero-order valence-electron chi connectivity index (χ0n) is 13.4. The molecule has 8 nitrogen and oxygen atoms in total. The lowest BCUT2D eigenvalue weighted by molar-refractivity contribution is 0.0438. The third-order valence-corrected chi connectivity index (χ3v) is 4.95. The maximum absolute atomic E-state index is 9.83. The second kappa shape index (κ2) is 6.27. The highest BCUT2D eigenvalue weighted by Gasteiger charge is 2.37. The summed E-state index contributed by atoms with van der Waals surface area (Å²) in [5, 5.41) is 34.2. The Kier molecular flexibility index (Phi) is 3.95. The highest BCUT2D eigenvalue weighted by atomic mass is 16.3. The number of aromatic amines is 1. The molecule has 3 N–H and O–H groups in total. The van der Waals surface area contributed by atoms with E-state index in [4.69, 9.17) is 0 Å². The van der Waals surface area contributed by atoms with Gasteiger partial charge in [0.05, 0.1) is 42.6 Å². The van der Waals surface area contributed by atoms with Gasteiger partial charge in [0.2, 0.25) is 0 Å². The third-order valence-electron chi connectivity index (χ3n) is 4.95. The zero-order chi connectivity index (χ0) is 17.4. The minimum atomic E-state index is -0.734. The molecular formula is C17H18N6O2. The molecule has 3 aromatic heterocycles. The Morgan fingerprint density at radius 3 is 2.88 bits per heavy atom. The molecule has 8 heteroatoms. The van der Waals surface area contributed by atoms with Gasteiger partial charge in [0.15, 0.2) is 0 Å². The van der Waals surface area contributed by atoms with E-state index in [0.717, 1.165) is 22.3 Å². The van der Waals surface area contributed by atoms with Gasteiger partial charge in [-0.05, 0) is 24.8 Å². The number of nitriles is 1.